The summed E-state index contributed by atoms with van der Waals surface area (Å²) in [7, 11) is 2.90. The largest absolute Gasteiger partial charge is 0.493 e. The molecular weight excluding hydrogens is 472 g/mol. The predicted octanol–water partition coefficient (Wildman–Crippen LogP) is 4.02. The fourth-order valence-electron chi connectivity index (χ4n) is 4.05. The third-order valence-electron chi connectivity index (χ3n) is 5.87. The molecule has 2 amide bonds. The van der Waals surface area contributed by atoms with Gasteiger partial charge in [-0.15, -0.1) is 0 Å². The molecule has 1 aromatic heterocycles. The van der Waals surface area contributed by atoms with Crippen LogP contribution in [0.25, 0.3) is 11.0 Å². The van der Waals surface area contributed by atoms with Crippen molar-refractivity contribution >= 4 is 51.9 Å². The van der Waals surface area contributed by atoms with Crippen LogP contribution in [0.3, 0.4) is 0 Å². The Morgan fingerprint density at radius 3 is 2.46 bits per heavy atom. The average molecular weight is 499 g/mol. The molecule has 0 radical (unpaired) electrons. The molecule has 1 saturated carbocycles. The van der Waals surface area contributed by atoms with E-state index in [1.54, 1.807) is 18.2 Å². The fourth-order valence-corrected chi connectivity index (χ4v) is 4.60. The Morgan fingerprint density at radius 2 is 1.71 bits per heavy atom. The number of hydrogen-bond acceptors (Lipinski definition) is 9. The van der Waals surface area contributed by atoms with Crippen LogP contribution in [0.1, 0.15) is 42.5 Å². The van der Waals surface area contributed by atoms with Crippen molar-refractivity contribution in [2.75, 3.05) is 31.5 Å². The number of amides is 2. The van der Waals surface area contributed by atoms with Gasteiger partial charge in [0, 0.05) is 18.1 Å². The van der Waals surface area contributed by atoms with Crippen LogP contribution in [-0.4, -0.2) is 47.4 Å². The summed E-state index contributed by atoms with van der Waals surface area (Å²) < 4.78 is 24.2. The molecule has 1 heterocycles. The summed E-state index contributed by atoms with van der Waals surface area (Å²) in [6, 6.07) is 8.17. The van der Waals surface area contributed by atoms with E-state index >= 15 is 0 Å². The van der Waals surface area contributed by atoms with Gasteiger partial charge in [0.25, 0.3) is 5.91 Å². The number of nitrogens with one attached hydrogen (secondary N) is 2. The molecule has 35 heavy (non-hydrogen) atoms. The molecule has 10 nitrogen and oxygen atoms in total. The summed E-state index contributed by atoms with van der Waals surface area (Å²) in [5, 5.41) is 5.52. The van der Waals surface area contributed by atoms with Crippen molar-refractivity contribution in [3.8, 4) is 11.5 Å². The lowest BCUT2D eigenvalue weighted by Gasteiger charge is -2.22. The van der Waals surface area contributed by atoms with Crippen molar-refractivity contribution < 1.29 is 28.6 Å². The van der Waals surface area contributed by atoms with Gasteiger partial charge in [0.2, 0.25) is 5.91 Å². The minimum atomic E-state index is -0.784. The third kappa shape index (κ3) is 5.68. The third-order valence-corrected chi connectivity index (χ3v) is 6.41. The van der Waals surface area contributed by atoms with Crippen LogP contribution >= 0.6 is 11.7 Å². The summed E-state index contributed by atoms with van der Waals surface area (Å²) >= 11 is 1.04. The van der Waals surface area contributed by atoms with Crippen LogP contribution in [0.4, 0.5) is 11.4 Å². The lowest BCUT2D eigenvalue weighted by atomic mass is 9.88. The van der Waals surface area contributed by atoms with Crippen LogP contribution in [0.2, 0.25) is 0 Å². The van der Waals surface area contributed by atoms with Gasteiger partial charge in [0.1, 0.15) is 11.0 Å². The number of anilines is 2. The summed E-state index contributed by atoms with van der Waals surface area (Å²) in [5.74, 6) is -0.947. The van der Waals surface area contributed by atoms with Crippen LogP contribution in [-0.2, 0) is 14.3 Å². The van der Waals surface area contributed by atoms with Crippen molar-refractivity contribution in [3.63, 3.8) is 0 Å². The fraction of sp³-hybridized carbons (Fsp3) is 0.375. The highest BCUT2D eigenvalue weighted by atomic mass is 32.1. The van der Waals surface area contributed by atoms with Gasteiger partial charge in [0.15, 0.2) is 18.1 Å². The maximum Gasteiger partial charge on any atom is 0.340 e. The zero-order chi connectivity index (χ0) is 24.8. The Morgan fingerprint density at radius 1 is 0.971 bits per heavy atom. The molecule has 0 unspecified atom stereocenters. The monoisotopic (exact) mass is 498 g/mol. The zero-order valence-corrected chi connectivity index (χ0v) is 20.3. The SMILES string of the molecule is COc1cc(NC(=O)C2CCCCC2)c(C(=O)OCC(=O)Nc2cccc3nsnc23)cc1OC. The van der Waals surface area contributed by atoms with Crippen LogP contribution < -0.4 is 20.1 Å². The minimum Gasteiger partial charge on any atom is -0.493 e. The lowest BCUT2D eigenvalue weighted by molar-refractivity contribution is -0.121. The molecule has 1 fully saturated rings. The van der Waals surface area contributed by atoms with Crippen LogP contribution in [0.15, 0.2) is 30.3 Å². The number of ether oxygens (including phenoxy) is 3. The van der Waals surface area contributed by atoms with E-state index in [1.807, 2.05) is 0 Å². The molecule has 11 heteroatoms. The highest BCUT2D eigenvalue weighted by molar-refractivity contribution is 7.00. The predicted molar refractivity (Wildman–Crippen MR) is 131 cm³/mol. The van der Waals surface area contributed by atoms with Crippen molar-refractivity contribution in [1.82, 2.24) is 8.75 Å². The van der Waals surface area contributed by atoms with Gasteiger partial charge in [-0.2, -0.15) is 8.75 Å². The number of carbonyl (C=O) groups excluding carboxylic acids is 3. The normalized spacial score (nSPS) is 13.8. The number of rotatable bonds is 8. The molecule has 1 aliphatic carbocycles. The molecule has 184 valence electrons. The van der Waals surface area contributed by atoms with E-state index in [1.165, 1.54) is 26.4 Å². The Labute approximate surface area is 206 Å². The van der Waals surface area contributed by atoms with Crippen molar-refractivity contribution in [1.29, 1.82) is 0 Å². The van der Waals surface area contributed by atoms with E-state index in [0.29, 0.717) is 28.2 Å². The number of carbonyl (C=O) groups is 3. The first kappa shape index (κ1) is 24.4. The number of aromatic nitrogens is 2. The number of esters is 1. The Hall–Kier alpha value is -3.73. The average Bonchev–Trinajstić information content (AvgIpc) is 3.37. The summed E-state index contributed by atoms with van der Waals surface area (Å²) in [6.45, 7) is -0.531. The summed E-state index contributed by atoms with van der Waals surface area (Å²) in [5.41, 5.74) is 1.99. The number of hydrogen-bond donors (Lipinski definition) is 2. The van der Waals surface area contributed by atoms with E-state index in [0.717, 1.165) is 43.8 Å². The van der Waals surface area contributed by atoms with Gasteiger partial charge in [0.05, 0.1) is 42.9 Å². The molecule has 0 bridgehead atoms. The molecular formula is C24H26N4O6S. The van der Waals surface area contributed by atoms with Gasteiger partial charge in [-0.05, 0) is 25.0 Å². The molecule has 2 aromatic carbocycles. The van der Waals surface area contributed by atoms with Gasteiger partial charge >= 0.3 is 5.97 Å². The van der Waals surface area contributed by atoms with E-state index in [-0.39, 0.29) is 23.1 Å². The molecule has 0 atom stereocenters. The first-order valence-corrected chi connectivity index (χ1v) is 12.0. The van der Waals surface area contributed by atoms with E-state index < -0.39 is 18.5 Å². The summed E-state index contributed by atoms with van der Waals surface area (Å²) in [4.78, 5) is 38.2. The molecule has 0 spiro atoms. The second-order valence-corrected chi connectivity index (χ2v) is 8.67. The molecule has 4 rings (SSSR count). The maximum atomic E-state index is 12.9. The molecule has 3 aromatic rings. The van der Waals surface area contributed by atoms with Crippen molar-refractivity contribution in [2.45, 2.75) is 32.1 Å². The first-order chi connectivity index (χ1) is 17.0. The molecule has 0 aliphatic heterocycles. The molecule has 0 saturated heterocycles. The van der Waals surface area contributed by atoms with Crippen molar-refractivity contribution in [2.24, 2.45) is 5.92 Å². The summed E-state index contributed by atoms with van der Waals surface area (Å²) in [6.07, 6.45) is 4.73. The zero-order valence-electron chi connectivity index (χ0n) is 19.5. The highest BCUT2D eigenvalue weighted by Crippen LogP contribution is 2.35. The Kier molecular flexibility index (Phi) is 7.76. The molecule has 1 aliphatic rings. The number of benzene rings is 2. The second kappa shape index (κ2) is 11.1. The van der Waals surface area contributed by atoms with Crippen LogP contribution in [0, 0.1) is 5.92 Å². The highest BCUT2D eigenvalue weighted by Gasteiger charge is 2.25. The van der Waals surface area contributed by atoms with E-state index in [9.17, 15) is 14.4 Å². The van der Waals surface area contributed by atoms with Gasteiger partial charge in [-0.3, -0.25) is 9.59 Å². The smallest absolute Gasteiger partial charge is 0.340 e. The van der Waals surface area contributed by atoms with Crippen LogP contribution in [0.5, 0.6) is 11.5 Å². The van der Waals surface area contributed by atoms with Gasteiger partial charge < -0.3 is 24.8 Å². The first-order valence-electron chi connectivity index (χ1n) is 11.2. The Bertz CT molecular complexity index is 1240. The second-order valence-electron chi connectivity index (χ2n) is 8.14. The van der Waals surface area contributed by atoms with Gasteiger partial charge in [-0.25, -0.2) is 4.79 Å². The number of fused-ring (bicyclic) bond motifs is 1. The lowest BCUT2D eigenvalue weighted by Crippen LogP contribution is -2.26. The quantitative estimate of drug-likeness (QED) is 0.446. The van der Waals surface area contributed by atoms with E-state index in [2.05, 4.69) is 19.4 Å². The minimum absolute atomic E-state index is 0.0606. The number of nitrogens with zero attached hydrogens (tertiary/aromatic N) is 2. The number of methoxy groups -OCH3 is 2. The Balaban J connectivity index is 1.48. The maximum absolute atomic E-state index is 12.9. The van der Waals surface area contributed by atoms with Gasteiger partial charge in [-0.1, -0.05) is 25.3 Å². The standard InChI is InChI=1S/C24H26N4O6S/c1-32-19-11-15(18(12-20(19)33-2)26-23(30)14-7-4-3-5-8-14)24(31)34-13-21(29)25-16-9-6-10-17-22(16)28-35-27-17/h6,9-12,14H,3-5,7-8,13H2,1-2H3,(H,25,29)(H,26,30). The molecule has 2 N–H and O–H groups in total. The topological polar surface area (TPSA) is 129 Å². The van der Waals surface area contributed by atoms with E-state index in [4.69, 9.17) is 14.2 Å². The van der Waals surface area contributed by atoms with Crippen molar-refractivity contribution in [3.05, 3.63) is 35.9 Å².